The topological polar surface area (TPSA) is 26.3 Å². The molecule has 0 fully saturated rings. The number of rotatable bonds is 3. The van der Waals surface area contributed by atoms with Crippen molar-refractivity contribution in [2.75, 3.05) is 0 Å². The molecule has 0 N–H and O–H groups in total. The van der Waals surface area contributed by atoms with Crippen molar-refractivity contribution in [3.8, 4) is 0 Å². The molecule has 2 heteroatoms. The zero-order chi connectivity index (χ0) is 9.68. The van der Waals surface area contributed by atoms with E-state index in [1.807, 2.05) is 19.1 Å². The minimum atomic E-state index is -0.232. The van der Waals surface area contributed by atoms with Crippen LogP contribution in [0.2, 0.25) is 0 Å². The van der Waals surface area contributed by atoms with Crippen molar-refractivity contribution in [2.24, 2.45) is 5.92 Å². The fourth-order valence-electron chi connectivity index (χ4n) is 1.23. The lowest BCUT2D eigenvalue weighted by Crippen LogP contribution is -2.25. The lowest BCUT2D eigenvalue weighted by molar-refractivity contribution is -0.143. The number of cyclic esters (lactones) is 1. The third-order valence-corrected chi connectivity index (χ3v) is 2.09. The SMILES string of the molecule is CCC/C=C/[C@@H]1OC(=O)C=C[C@@H]1C. The standard InChI is InChI=1S/C11H16O2/c1-3-4-5-6-10-9(2)7-8-11(12)13-10/h5-10H,3-4H2,1-2H3/b6-5+/t9-,10-/m0/s1. The Balaban J connectivity index is 2.50. The number of esters is 1. The van der Waals surface area contributed by atoms with E-state index in [-0.39, 0.29) is 12.1 Å². The normalized spacial score (nSPS) is 28.0. The van der Waals surface area contributed by atoms with Crippen LogP contribution >= 0.6 is 0 Å². The Morgan fingerprint density at radius 3 is 3.08 bits per heavy atom. The predicted octanol–water partition coefficient (Wildman–Crippen LogP) is 2.46. The van der Waals surface area contributed by atoms with Gasteiger partial charge in [0, 0.05) is 12.0 Å². The van der Waals surface area contributed by atoms with Crippen LogP contribution in [0.25, 0.3) is 0 Å². The molecule has 1 aliphatic rings. The van der Waals surface area contributed by atoms with Gasteiger partial charge < -0.3 is 4.74 Å². The van der Waals surface area contributed by atoms with Crippen LogP contribution in [-0.4, -0.2) is 12.1 Å². The van der Waals surface area contributed by atoms with E-state index in [1.54, 1.807) is 0 Å². The van der Waals surface area contributed by atoms with Gasteiger partial charge in [-0.1, -0.05) is 32.4 Å². The van der Waals surface area contributed by atoms with E-state index in [4.69, 9.17) is 4.74 Å². The fourth-order valence-corrected chi connectivity index (χ4v) is 1.23. The first kappa shape index (κ1) is 10.0. The Labute approximate surface area is 79.3 Å². The maximum atomic E-state index is 10.9. The number of hydrogen-bond donors (Lipinski definition) is 0. The van der Waals surface area contributed by atoms with Gasteiger partial charge in [-0.05, 0) is 12.5 Å². The van der Waals surface area contributed by atoms with Crippen molar-refractivity contribution >= 4 is 5.97 Å². The minimum absolute atomic E-state index is 0.0657. The molecule has 2 nitrogen and oxygen atoms in total. The summed E-state index contributed by atoms with van der Waals surface area (Å²) >= 11 is 0. The van der Waals surface area contributed by atoms with Crippen LogP contribution in [0.1, 0.15) is 26.7 Å². The highest BCUT2D eigenvalue weighted by atomic mass is 16.5. The highest BCUT2D eigenvalue weighted by Crippen LogP contribution is 2.16. The maximum absolute atomic E-state index is 10.9. The molecule has 2 atom stereocenters. The summed E-state index contributed by atoms with van der Waals surface area (Å²) in [6.45, 7) is 4.17. The number of carbonyl (C=O) groups is 1. The second-order valence-corrected chi connectivity index (χ2v) is 3.34. The Morgan fingerprint density at radius 2 is 2.38 bits per heavy atom. The molecule has 0 amide bonds. The Bertz CT molecular complexity index is 228. The molecule has 0 aromatic carbocycles. The molecular formula is C11H16O2. The summed E-state index contributed by atoms with van der Waals surface area (Å²) in [5, 5.41) is 0. The van der Waals surface area contributed by atoms with Gasteiger partial charge in [-0.15, -0.1) is 0 Å². The first-order chi connectivity index (χ1) is 6.24. The number of ether oxygens (including phenoxy) is 1. The van der Waals surface area contributed by atoms with E-state index in [1.165, 1.54) is 6.08 Å². The zero-order valence-electron chi connectivity index (χ0n) is 8.19. The van der Waals surface area contributed by atoms with Crippen LogP contribution in [-0.2, 0) is 9.53 Å². The monoisotopic (exact) mass is 180 g/mol. The first-order valence-corrected chi connectivity index (χ1v) is 4.79. The van der Waals surface area contributed by atoms with Crippen LogP contribution in [0.5, 0.6) is 0 Å². The number of hydrogen-bond acceptors (Lipinski definition) is 2. The minimum Gasteiger partial charge on any atom is -0.454 e. The molecule has 0 aliphatic carbocycles. The Hall–Kier alpha value is -1.05. The van der Waals surface area contributed by atoms with Crippen molar-refractivity contribution in [1.82, 2.24) is 0 Å². The van der Waals surface area contributed by atoms with Crippen LogP contribution in [0.15, 0.2) is 24.3 Å². The molecule has 1 aliphatic heterocycles. The molecular weight excluding hydrogens is 164 g/mol. The second kappa shape index (κ2) is 4.85. The number of unbranched alkanes of at least 4 members (excludes halogenated alkanes) is 1. The number of carbonyl (C=O) groups excluding carboxylic acids is 1. The molecule has 0 bridgehead atoms. The molecule has 1 rings (SSSR count). The van der Waals surface area contributed by atoms with Crippen LogP contribution in [0.4, 0.5) is 0 Å². The molecule has 0 saturated heterocycles. The lowest BCUT2D eigenvalue weighted by Gasteiger charge is -2.21. The molecule has 0 unspecified atom stereocenters. The van der Waals surface area contributed by atoms with Gasteiger partial charge in [0.1, 0.15) is 6.10 Å². The second-order valence-electron chi connectivity index (χ2n) is 3.34. The van der Waals surface area contributed by atoms with E-state index in [0.717, 1.165) is 12.8 Å². The molecule has 13 heavy (non-hydrogen) atoms. The van der Waals surface area contributed by atoms with Crippen molar-refractivity contribution < 1.29 is 9.53 Å². The molecule has 0 aromatic rings. The molecule has 0 aromatic heterocycles. The Kier molecular flexibility index (Phi) is 3.74. The van der Waals surface area contributed by atoms with Crippen molar-refractivity contribution in [1.29, 1.82) is 0 Å². The van der Waals surface area contributed by atoms with Gasteiger partial charge in [0.2, 0.25) is 0 Å². The van der Waals surface area contributed by atoms with Gasteiger partial charge in [0.05, 0.1) is 0 Å². The summed E-state index contributed by atoms with van der Waals surface area (Å²) in [5.41, 5.74) is 0. The lowest BCUT2D eigenvalue weighted by atomic mass is 10.0. The van der Waals surface area contributed by atoms with Gasteiger partial charge in [-0.3, -0.25) is 0 Å². The van der Waals surface area contributed by atoms with E-state index >= 15 is 0 Å². The van der Waals surface area contributed by atoms with Crippen LogP contribution in [0, 0.1) is 5.92 Å². The average Bonchev–Trinajstić information content (AvgIpc) is 2.11. The molecule has 1 heterocycles. The fraction of sp³-hybridized carbons (Fsp3) is 0.545. The van der Waals surface area contributed by atoms with Gasteiger partial charge in [-0.2, -0.15) is 0 Å². The molecule has 72 valence electrons. The first-order valence-electron chi connectivity index (χ1n) is 4.79. The summed E-state index contributed by atoms with van der Waals surface area (Å²) in [6, 6.07) is 0. The van der Waals surface area contributed by atoms with Crippen molar-refractivity contribution in [3.63, 3.8) is 0 Å². The summed E-state index contributed by atoms with van der Waals surface area (Å²) in [4.78, 5) is 10.9. The molecule has 0 spiro atoms. The number of allylic oxidation sites excluding steroid dienone is 1. The van der Waals surface area contributed by atoms with E-state index in [0.29, 0.717) is 5.92 Å². The van der Waals surface area contributed by atoms with Gasteiger partial charge in [-0.25, -0.2) is 4.79 Å². The van der Waals surface area contributed by atoms with Crippen LogP contribution in [0.3, 0.4) is 0 Å². The van der Waals surface area contributed by atoms with Gasteiger partial charge >= 0.3 is 5.97 Å². The summed E-state index contributed by atoms with van der Waals surface area (Å²) in [6.07, 6.45) is 9.56. The summed E-state index contributed by atoms with van der Waals surface area (Å²) < 4.78 is 5.13. The highest BCUT2D eigenvalue weighted by molar-refractivity contribution is 5.83. The molecule has 0 radical (unpaired) electrons. The van der Waals surface area contributed by atoms with Crippen molar-refractivity contribution in [2.45, 2.75) is 32.8 Å². The summed E-state index contributed by atoms with van der Waals surface area (Å²) in [5.74, 6) is 0.0649. The third kappa shape index (κ3) is 3.05. The average molecular weight is 180 g/mol. The highest BCUT2D eigenvalue weighted by Gasteiger charge is 2.19. The zero-order valence-corrected chi connectivity index (χ0v) is 8.19. The van der Waals surface area contributed by atoms with Gasteiger partial charge in [0.15, 0.2) is 0 Å². The summed E-state index contributed by atoms with van der Waals surface area (Å²) in [7, 11) is 0. The Morgan fingerprint density at radius 1 is 1.62 bits per heavy atom. The van der Waals surface area contributed by atoms with E-state index in [9.17, 15) is 4.79 Å². The smallest absolute Gasteiger partial charge is 0.331 e. The van der Waals surface area contributed by atoms with E-state index in [2.05, 4.69) is 13.0 Å². The third-order valence-electron chi connectivity index (χ3n) is 2.09. The van der Waals surface area contributed by atoms with E-state index < -0.39 is 0 Å². The van der Waals surface area contributed by atoms with Gasteiger partial charge in [0.25, 0.3) is 0 Å². The maximum Gasteiger partial charge on any atom is 0.331 e. The predicted molar refractivity (Wildman–Crippen MR) is 52.2 cm³/mol. The largest absolute Gasteiger partial charge is 0.454 e. The molecule has 0 saturated carbocycles. The van der Waals surface area contributed by atoms with Crippen molar-refractivity contribution in [3.05, 3.63) is 24.3 Å². The quantitative estimate of drug-likeness (QED) is 0.492. The van der Waals surface area contributed by atoms with Crippen LogP contribution < -0.4 is 0 Å².